The van der Waals surface area contributed by atoms with Crippen molar-refractivity contribution in [2.45, 2.75) is 20.3 Å². The molecule has 100 valence electrons. The lowest BCUT2D eigenvalue weighted by Gasteiger charge is -2.29. The zero-order chi connectivity index (χ0) is 13.9. The molecule has 1 rings (SSSR count). The number of nitrogens with zero attached hydrogens (tertiary/aromatic N) is 1. The minimum Gasteiger partial charge on any atom is -0.330 e. The quantitative estimate of drug-likeness (QED) is 0.898. The molecule has 0 fully saturated rings. The summed E-state index contributed by atoms with van der Waals surface area (Å²) in [6.07, 6.45) is 0.528. The zero-order valence-electron chi connectivity index (χ0n) is 10.8. The first-order valence-electron chi connectivity index (χ1n) is 5.73. The third kappa shape index (κ3) is 3.04. The molecule has 5 heteroatoms. The van der Waals surface area contributed by atoms with Crippen LogP contribution in [0, 0.1) is 17.0 Å². The average Bonchev–Trinajstić information content (AvgIpc) is 2.30. The molecule has 0 atom stereocenters. The Labute approximate surface area is 106 Å². The van der Waals surface area contributed by atoms with Gasteiger partial charge in [0.05, 0.1) is 0 Å². The number of hydrogen-bond acceptors (Lipinski definition) is 2. The Balaban J connectivity index is 2.96. The summed E-state index contributed by atoms with van der Waals surface area (Å²) < 4.78 is 25.9. The summed E-state index contributed by atoms with van der Waals surface area (Å²) in [5.41, 5.74) is 5.15. The van der Waals surface area contributed by atoms with E-state index < -0.39 is 17.0 Å². The van der Waals surface area contributed by atoms with Gasteiger partial charge in [-0.1, -0.05) is 13.8 Å². The van der Waals surface area contributed by atoms with Crippen LogP contribution >= 0.6 is 0 Å². The Morgan fingerprint density at radius 2 is 1.94 bits per heavy atom. The number of benzene rings is 1. The summed E-state index contributed by atoms with van der Waals surface area (Å²) in [5, 5.41) is 0. The van der Waals surface area contributed by atoms with E-state index in [-0.39, 0.29) is 5.91 Å². The van der Waals surface area contributed by atoms with Crippen molar-refractivity contribution in [3.8, 4) is 0 Å². The molecule has 0 unspecified atom stereocenters. The topological polar surface area (TPSA) is 46.3 Å². The molecular weight excluding hydrogens is 238 g/mol. The highest BCUT2D eigenvalue weighted by molar-refractivity contribution is 5.96. The number of carbonyl (C=O) groups is 1. The molecule has 0 radical (unpaired) electrons. The molecule has 0 aliphatic heterocycles. The van der Waals surface area contributed by atoms with Crippen LogP contribution < -0.4 is 10.6 Å². The second-order valence-electron chi connectivity index (χ2n) is 4.89. The smallest absolute Gasteiger partial charge is 0.232 e. The summed E-state index contributed by atoms with van der Waals surface area (Å²) in [6, 6.07) is 3.38. The number of carbonyl (C=O) groups excluding carboxylic acids is 1. The van der Waals surface area contributed by atoms with Gasteiger partial charge < -0.3 is 10.6 Å². The molecule has 1 aromatic carbocycles. The zero-order valence-corrected chi connectivity index (χ0v) is 10.8. The van der Waals surface area contributed by atoms with E-state index in [4.69, 9.17) is 5.73 Å². The minimum absolute atomic E-state index is 0.182. The second-order valence-corrected chi connectivity index (χ2v) is 4.89. The van der Waals surface area contributed by atoms with Gasteiger partial charge in [0, 0.05) is 24.2 Å². The van der Waals surface area contributed by atoms with E-state index in [1.54, 1.807) is 13.8 Å². The fraction of sp³-hybridized carbons (Fsp3) is 0.462. The Morgan fingerprint density at radius 1 is 1.33 bits per heavy atom. The molecule has 1 aromatic rings. The van der Waals surface area contributed by atoms with Crippen LogP contribution in [0.15, 0.2) is 18.2 Å². The number of rotatable bonds is 4. The molecule has 0 aliphatic rings. The van der Waals surface area contributed by atoms with Crippen LogP contribution in [0.4, 0.5) is 14.5 Å². The van der Waals surface area contributed by atoms with Crippen molar-refractivity contribution in [1.82, 2.24) is 0 Å². The Kier molecular flexibility index (Phi) is 4.40. The highest BCUT2D eigenvalue weighted by atomic mass is 19.2. The standard InChI is InChI=1S/C13H18F2N2O/c1-13(2,6-7-16)12(18)17(3)9-4-5-10(14)11(15)8-9/h4-5,8H,6-7,16H2,1-3H3. The van der Waals surface area contributed by atoms with Gasteiger partial charge in [0.25, 0.3) is 0 Å². The highest BCUT2D eigenvalue weighted by Crippen LogP contribution is 2.26. The minimum atomic E-state index is -0.969. The first kappa shape index (κ1) is 14.6. The molecule has 2 N–H and O–H groups in total. The van der Waals surface area contributed by atoms with E-state index in [9.17, 15) is 13.6 Å². The number of halogens is 2. The van der Waals surface area contributed by atoms with Gasteiger partial charge in [-0.15, -0.1) is 0 Å². The lowest BCUT2D eigenvalue weighted by molar-refractivity contribution is -0.126. The Hall–Kier alpha value is -1.49. The van der Waals surface area contributed by atoms with Gasteiger partial charge in [-0.3, -0.25) is 4.79 Å². The van der Waals surface area contributed by atoms with Crippen molar-refractivity contribution in [3.63, 3.8) is 0 Å². The van der Waals surface area contributed by atoms with Gasteiger partial charge >= 0.3 is 0 Å². The Bertz CT molecular complexity index is 447. The maximum atomic E-state index is 13.1. The number of anilines is 1. The van der Waals surface area contributed by atoms with Crippen LogP contribution in [0.2, 0.25) is 0 Å². The van der Waals surface area contributed by atoms with Crippen LogP contribution in [0.25, 0.3) is 0 Å². The van der Waals surface area contributed by atoms with Crippen molar-refractivity contribution in [3.05, 3.63) is 29.8 Å². The summed E-state index contributed by atoms with van der Waals surface area (Å²) in [6.45, 7) is 3.95. The van der Waals surface area contributed by atoms with Crippen molar-refractivity contribution >= 4 is 11.6 Å². The predicted octanol–water partition coefficient (Wildman–Crippen LogP) is 2.30. The summed E-state index contributed by atoms with van der Waals surface area (Å²) in [5.74, 6) is -2.08. The second kappa shape index (κ2) is 5.44. The van der Waals surface area contributed by atoms with E-state index in [0.29, 0.717) is 18.7 Å². The van der Waals surface area contributed by atoms with Crippen molar-refractivity contribution in [2.24, 2.45) is 11.1 Å². The van der Waals surface area contributed by atoms with Crippen LogP contribution in [0.1, 0.15) is 20.3 Å². The van der Waals surface area contributed by atoms with Crippen LogP contribution in [-0.4, -0.2) is 19.5 Å². The lowest BCUT2D eigenvalue weighted by Crippen LogP contribution is -2.39. The molecule has 0 spiro atoms. The van der Waals surface area contributed by atoms with Crippen molar-refractivity contribution in [1.29, 1.82) is 0 Å². The first-order chi connectivity index (χ1) is 8.29. The van der Waals surface area contributed by atoms with Gasteiger partial charge in [-0.25, -0.2) is 8.78 Å². The van der Waals surface area contributed by atoms with E-state index in [1.807, 2.05) is 0 Å². The molecule has 0 saturated heterocycles. The van der Waals surface area contributed by atoms with E-state index >= 15 is 0 Å². The molecule has 0 aromatic heterocycles. The SMILES string of the molecule is CN(C(=O)C(C)(C)CCN)c1ccc(F)c(F)c1. The number of hydrogen-bond donors (Lipinski definition) is 1. The largest absolute Gasteiger partial charge is 0.330 e. The lowest BCUT2D eigenvalue weighted by atomic mass is 9.87. The normalized spacial score (nSPS) is 11.4. The Morgan fingerprint density at radius 3 is 2.44 bits per heavy atom. The molecule has 0 bridgehead atoms. The molecule has 3 nitrogen and oxygen atoms in total. The van der Waals surface area contributed by atoms with Crippen molar-refractivity contribution in [2.75, 3.05) is 18.5 Å². The molecular formula is C13H18F2N2O. The molecule has 0 saturated carbocycles. The third-order valence-corrected chi connectivity index (χ3v) is 2.94. The molecule has 1 amide bonds. The molecule has 18 heavy (non-hydrogen) atoms. The van der Waals surface area contributed by atoms with E-state index in [2.05, 4.69) is 0 Å². The van der Waals surface area contributed by atoms with Gasteiger partial charge in [0.2, 0.25) is 5.91 Å². The van der Waals surface area contributed by atoms with Crippen LogP contribution in [0.5, 0.6) is 0 Å². The summed E-state index contributed by atoms with van der Waals surface area (Å²) in [4.78, 5) is 13.5. The number of nitrogens with two attached hydrogens (primary N) is 1. The van der Waals surface area contributed by atoms with Gasteiger partial charge in [0.15, 0.2) is 11.6 Å². The summed E-state index contributed by atoms with van der Waals surface area (Å²) >= 11 is 0. The monoisotopic (exact) mass is 256 g/mol. The van der Waals surface area contributed by atoms with Gasteiger partial charge in [0.1, 0.15) is 0 Å². The van der Waals surface area contributed by atoms with Crippen molar-refractivity contribution < 1.29 is 13.6 Å². The fourth-order valence-electron chi connectivity index (χ4n) is 1.73. The highest BCUT2D eigenvalue weighted by Gasteiger charge is 2.30. The van der Waals surface area contributed by atoms with Crippen LogP contribution in [-0.2, 0) is 4.79 Å². The van der Waals surface area contributed by atoms with E-state index in [0.717, 1.165) is 12.1 Å². The summed E-state index contributed by atoms with van der Waals surface area (Å²) in [7, 11) is 1.53. The average molecular weight is 256 g/mol. The van der Waals surface area contributed by atoms with Crippen LogP contribution in [0.3, 0.4) is 0 Å². The third-order valence-electron chi connectivity index (χ3n) is 2.94. The van der Waals surface area contributed by atoms with E-state index in [1.165, 1.54) is 18.0 Å². The maximum Gasteiger partial charge on any atom is 0.232 e. The predicted molar refractivity (Wildman–Crippen MR) is 67.2 cm³/mol. The fourth-order valence-corrected chi connectivity index (χ4v) is 1.73. The number of amides is 1. The molecule has 0 heterocycles. The van der Waals surface area contributed by atoms with Gasteiger partial charge in [-0.05, 0) is 25.1 Å². The molecule has 0 aliphatic carbocycles. The van der Waals surface area contributed by atoms with Gasteiger partial charge in [-0.2, -0.15) is 0 Å². The maximum absolute atomic E-state index is 13.1. The first-order valence-corrected chi connectivity index (χ1v) is 5.73.